The molecule has 1 aliphatic heterocycles. The Hall–Kier alpha value is -3.42. The fraction of sp³-hybridized carbons (Fsp3) is 0.481. The summed E-state index contributed by atoms with van der Waals surface area (Å²) in [5.74, 6) is 1.02. The number of carbonyl (C=O) groups is 2. The van der Waals surface area contributed by atoms with Crippen LogP contribution in [0.5, 0.6) is 11.5 Å². The summed E-state index contributed by atoms with van der Waals surface area (Å²) in [6.45, 7) is 6.78. The van der Waals surface area contributed by atoms with Crippen molar-refractivity contribution in [2.75, 3.05) is 32.3 Å². The van der Waals surface area contributed by atoms with Crippen molar-refractivity contribution in [2.45, 2.75) is 58.7 Å². The molecule has 0 unspecified atom stereocenters. The van der Waals surface area contributed by atoms with Gasteiger partial charge in [0.2, 0.25) is 0 Å². The highest BCUT2D eigenvalue weighted by Gasteiger charge is 2.40. The molecular weight excluding hydrogens is 448 g/mol. The van der Waals surface area contributed by atoms with E-state index in [2.05, 4.69) is 0 Å². The van der Waals surface area contributed by atoms with Crippen LogP contribution in [0.1, 0.15) is 57.2 Å². The van der Waals surface area contributed by atoms with Gasteiger partial charge in [-0.05, 0) is 38.3 Å². The molecule has 2 aromatic rings. The fourth-order valence-corrected chi connectivity index (χ4v) is 4.39. The molecule has 2 aromatic carbocycles. The molecule has 1 aliphatic rings. The lowest BCUT2D eigenvalue weighted by atomic mass is 9.90. The summed E-state index contributed by atoms with van der Waals surface area (Å²) < 4.78 is 22.1. The predicted molar refractivity (Wildman–Crippen MR) is 134 cm³/mol. The van der Waals surface area contributed by atoms with E-state index in [0.29, 0.717) is 36.8 Å². The third-order valence-corrected chi connectivity index (χ3v) is 6.15. The van der Waals surface area contributed by atoms with Crippen molar-refractivity contribution in [2.24, 2.45) is 0 Å². The largest absolute Gasteiger partial charge is 0.493 e. The summed E-state index contributed by atoms with van der Waals surface area (Å²) in [6, 6.07) is 12.8. The number of hydrogen-bond donors (Lipinski definition) is 0. The molecule has 0 saturated carbocycles. The van der Waals surface area contributed by atoms with Gasteiger partial charge in [-0.2, -0.15) is 0 Å². The summed E-state index contributed by atoms with van der Waals surface area (Å²) in [4.78, 5) is 29.7. The Bertz CT molecular complexity index is 997. The van der Waals surface area contributed by atoms with Gasteiger partial charge < -0.3 is 18.9 Å². The van der Waals surface area contributed by atoms with E-state index in [1.165, 1.54) is 0 Å². The monoisotopic (exact) mass is 484 g/mol. The predicted octanol–water partition coefficient (Wildman–Crippen LogP) is 5.94. The Balaban J connectivity index is 2.09. The Morgan fingerprint density at radius 3 is 2.34 bits per heavy atom. The molecule has 0 fully saturated rings. The highest BCUT2D eigenvalue weighted by Crippen LogP contribution is 2.46. The average Bonchev–Trinajstić information content (AvgIpc) is 2.86. The minimum absolute atomic E-state index is 0.229. The number of benzene rings is 2. The number of anilines is 1. The first-order chi connectivity index (χ1) is 16.9. The fourth-order valence-electron chi connectivity index (χ4n) is 4.39. The molecule has 8 nitrogen and oxygen atoms in total. The van der Waals surface area contributed by atoms with Gasteiger partial charge in [-0.25, -0.2) is 9.59 Å². The van der Waals surface area contributed by atoms with Crippen molar-refractivity contribution in [3.63, 3.8) is 0 Å². The van der Waals surface area contributed by atoms with Crippen molar-refractivity contribution in [1.29, 1.82) is 0 Å². The number of carbonyl (C=O) groups excluding carboxylic acids is 2. The summed E-state index contributed by atoms with van der Waals surface area (Å²) >= 11 is 0. The van der Waals surface area contributed by atoms with Crippen LogP contribution in [0.4, 0.5) is 15.3 Å². The molecule has 0 saturated heterocycles. The maximum atomic E-state index is 13.2. The third kappa shape index (κ3) is 5.99. The van der Waals surface area contributed by atoms with Crippen LogP contribution in [-0.2, 0) is 16.0 Å². The minimum Gasteiger partial charge on any atom is -0.493 e. The molecule has 0 spiro atoms. The molecule has 1 heterocycles. The highest BCUT2D eigenvalue weighted by atomic mass is 16.6. The van der Waals surface area contributed by atoms with Crippen molar-refractivity contribution in [3.05, 3.63) is 53.6 Å². The maximum Gasteiger partial charge on any atom is 0.414 e. The van der Waals surface area contributed by atoms with Crippen LogP contribution in [-0.4, -0.2) is 50.6 Å². The second-order valence-corrected chi connectivity index (χ2v) is 8.52. The molecule has 0 N–H and O–H groups in total. The van der Waals surface area contributed by atoms with Crippen molar-refractivity contribution >= 4 is 17.9 Å². The van der Waals surface area contributed by atoms with Gasteiger partial charge in [0, 0.05) is 24.2 Å². The number of rotatable bonds is 9. The van der Waals surface area contributed by atoms with E-state index in [0.717, 1.165) is 24.0 Å². The first kappa shape index (κ1) is 26.2. The van der Waals surface area contributed by atoms with Crippen LogP contribution in [0.25, 0.3) is 0 Å². The summed E-state index contributed by atoms with van der Waals surface area (Å²) in [5, 5.41) is 0. The molecule has 35 heavy (non-hydrogen) atoms. The van der Waals surface area contributed by atoms with Gasteiger partial charge in [0.1, 0.15) is 0 Å². The molecule has 3 rings (SSSR count). The van der Waals surface area contributed by atoms with Gasteiger partial charge in [0.15, 0.2) is 11.5 Å². The number of fused-ring (bicyclic) bond motifs is 1. The van der Waals surface area contributed by atoms with Gasteiger partial charge >= 0.3 is 12.2 Å². The number of amides is 2. The molecule has 8 heteroatoms. The standard InChI is InChI=1S/C27H36N2O6/c1-6-8-14-35-27(31)29-19(3)15-22(21-16-24(32-4)25(33-5)17-23(21)29)28(26(30)34-7-2)18-20-12-10-9-11-13-20/h9-13,16-17,19,22H,6-8,14-15,18H2,1-5H3/t19-,22+/m0/s1. The zero-order chi connectivity index (χ0) is 25.4. The van der Waals surface area contributed by atoms with E-state index in [1.54, 1.807) is 37.0 Å². The summed E-state index contributed by atoms with van der Waals surface area (Å²) in [5.41, 5.74) is 2.39. The quantitative estimate of drug-likeness (QED) is 0.410. The van der Waals surface area contributed by atoms with Crippen molar-refractivity contribution in [3.8, 4) is 11.5 Å². The molecule has 0 aliphatic carbocycles. The van der Waals surface area contributed by atoms with Crippen molar-refractivity contribution < 1.29 is 28.5 Å². The van der Waals surface area contributed by atoms with Gasteiger partial charge in [-0.3, -0.25) is 9.80 Å². The molecule has 0 radical (unpaired) electrons. The number of nitrogens with zero attached hydrogens (tertiary/aromatic N) is 2. The molecule has 190 valence electrons. The van der Waals surface area contributed by atoms with Gasteiger partial charge in [-0.1, -0.05) is 43.7 Å². The number of hydrogen-bond acceptors (Lipinski definition) is 6. The summed E-state index contributed by atoms with van der Waals surface area (Å²) in [7, 11) is 3.12. The van der Waals surface area contributed by atoms with Gasteiger partial charge in [0.25, 0.3) is 0 Å². The average molecular weight is 485 g/mol. The Morgan fingerprint density at radius 1 is 1.03 bits per heavy atom. The van der Waals surface area contributed by atoms with E-state index < -0.39 is 12.2 Å². The lowest BCUT2D eigenvalue weighted by molar-refractivity contribution is 0.0808. The molecule has 2 amide bonds. The lowest BCUT2D eigenvalue weighted by Crippen LogP contribution is -2.47. The second kappa shape index (κ2) is 12.3. The number of methoxy groups -OCH3 is 2. The van der Waals surface area contributed by atoms with Crippen molar-refractivity contribution in [1.82, 2.24) is 4.90 Å². The first-order valence-corrected chi connectivity index (χ1v) is 12.1. The third-order valence-electron chi connectivity index (χ3n) is 6.15. The molecule has 0 aromatic heterocycles. The zero-order valence-corrected chi connectivity index (χ0v) is 21.3. The smallest absolute Gasteiger partial charge is 0.414 e. The molecular formula is C27H36N2O6. The van der Waals surface area contributed by atoms with Gasteiger partial charge in [-0.15, -0.1) is 0 Å². The van der Waals surface area contributed by atoms with Gasteiger partial charge in [0.05, 0.1) is 39.2 Å². The number of ether oxygens (including phenoxy) is 4. The minimum atomic E-state index is -0.413. The van der Waals surface area contributed by atoms with Crippen LogP contribution >= 0.6 is 0 Å². The Labute approximate surface area is 207 Å². The Kier molecular flexibility index (Phi) is 9.23. The molecule has 0 bridgehead atoms. The van der Waals surface area contributed by atoms with Crippen LogP contribution in [0.15, 0.2) is 42.5 Å². The zero-order valence-electron chi connectivity index (χ0n) is 21.3. The van der Waals surface area contributed by atoms with Crippen LogP contribution in [0, 0.1) is 0 Å². The Morgan fingerprint density at radius 2 is 1.71 bits per heavy atom. The highest BCUT2D eigenvalue weighted by molar-refractivity contribution is 5.91. The normalized spacial score (nSPS) is 16.8. The second-order valence-electron chi connectivity index (χ2n) is 8.52. The van der Waals surface area contributed by atoms with Crippen LogP contribution in [0.2, 0.25) is 0 Å². The van der Waals surface area contributed by atoms with E-state index in [9.17, 15) is 9.59 Å². The van der Waals surface area contributed by atoms with Crippen LogP contribution < -0.4 is 14.4 Å². The first-order valence-electron chi connectivity index (χ1n) is 12.1. The molecule has 2 atom stereocenters. The maximum absolute atomic E-state index is 13.2. The lowest BCUT2D eigenvalue weighted by Gasteiger charge is -2.42. The summed E-state index contributed by atoms with van der Waals surface area (Å²) in [6.07, 6.45) is 1.41. The van der Waals surface area contributed by atoms with E-state index in [4.69, 9.17) is 18.9 Å². The number of unbranched alkanes of at least 4 members (excludes halogenated alkanes) is 1. The topological polar surface area (TPSA) is 77.5 Å². The SMILES string of the molecule is CCCCOC(=O)N1c2cc(OC)c(OC)cc2[C@H](N(Cc2ccccc2)C(=O)OCC)C[C@@H]1C. The van der Waals surface area contributed by atoms with E-state index >= 15 is 0 Å². The van der Waals surface area contributed by atoms with E-state index in [1.807, 2.05) is 50.2 Å². The van der Waals surface area contributed by atoms with Crippen LogP contribution in [0.3, 0.4) is 0 Å². The van der Waals surface area contributed by atoms with E-state index in [-0.39, 0.29) is 18.7 Å².